The zero-order valence-corrected chi connectivity index (χ0v) is 16.4. The van der Waals surface area contributed by atoms with Crippen LogP contribution in [0.1, 0.15) is 24.2 Å². The minimum absolute atomic E-state index is 0.0499. The molecule has 7 nitrogen and oxygen atoms in total. The minimum Gasteiger partial charge on any atom is -0.349 e. The summed E-state index contributed by atoms with van der Waals surface area (Å²) in [6.45, 7) is 5.99. The van der Waals surface area contributed by atoms with Crippen molar-refractivity contribution in [1.82, 2.24) is 4.98 Å². The van der Waals surface area contributed by atoms with Gasteiger partial charge in [-0.05, 0) is 38.1 Å². The van der Waals surface area contributed by atoms with E-state index < -0.39 is 4.92 Å². The Morgan fingerprint density at radius 3 is 2.54 bits per heavy atom. The van der Waals surface area contributed by atoms with E-state index >= 15 is 0 Å². The maximum Gasteiger partial charge on any atom is 0.269 e. The fraction of sp³-hybridized carbons (Fsp3) is 0.200. The maximum absolute atomic E-state index is 12.4. The molecule has 0 aliphatic carbocycles. The van der Waals surface area contributed by atoms with E-state index in [1.54, 1.807) is 17.4 Å². The van der Waals surface area contributed by atoms with Crippen molar-refractivity contribution in [1.29, 1.82) is 0 Å². The van der Waals surface area contributed by atoms with Crippen molar-refractivity contribution in [2.24, 2.45) is 0 Å². The molecule has 28 heavy (non-hydrogen) atoms. The van der Waals surface area contributed by atoms with Gasteiger partial charge in [-0.2, -0.15) is 0 Å². The SMILES string of the molecule is CCN(CC)c1nc(-c2cccc(NC(=O)c3ccc([N+](=O)[O-])cc3)c2)cs1. The lowest BCUT2D eigenvalue weighted by molar-refractivity contribution is -0.384. The third kappa shape index (κ3) is 4.34. The molecule has 1 heterocycles. The molecule has 2 aromatic carbocycles. The second-order valence-corrected chi connectivity index (χ2v) is 6.86. The molecule has 0 radical (unpaired) electrons. The van der Waals surface area contributed by atoms with Crippen molar-refractivity contribution < 1.29 is 9.72 Å². The third-order valence-corrected chi connectivity index (χ3v) is 5.18. The fourth-order valence-electron chi connectivity index (χ4n) is 2.73. The molecule has 0 atom stereocenters. The summed E-state index contributed by atoms with van der Waals surface area (Å²) in [5.41, 5.74) is 2.72. The van der Waals surface area contributed by atoms with Crippen LogP contribution in [0.5, 0.6) is 0 Å². The standard InChI is InChI=1S/C20H20N4O3S/c1-3-23(4-2)20-22-18(13-28-20)15-6-5-7-16(12-15)21-19(25)14-8-10-17(11-9-14)24(26)27/h5-13H,3-4H2,1-2H3,(H,21,25). The number of carbonyl (C=O) groups excluding carboxylic acids is 1. The Hall–Kier alpha value is -3.26. The summed E-state index contributed by atoms with van der Waals surface area (Å²) in [6.07, 6.45) is 0. The highest BCUT2D eigenvalue weighted by Crippen LogP contribution is 2.29. The predicted octanol–water partition coefficient (Wildman–Crippen LogP) is 4.82. The average Bonchev–Trinajstić information content (AvgIpc) is 3.19. The number of amides is 1. The molecular weight excluding hydrogens is 376 g/mol. The van der Waals surface area contributed by atoms with Gasteiger partial charge in [0, 0.05) is 47.4 Å². The van der Waals surface area contributed by atoms with Gasteiger partial charge in [-0.25, -0.2) is 4.98 Å². The number of hydrogen-bond acceptors (Lipinski definition) is 6. The summed E-state index contributed by atoms with van der Waals surface area (Å²) in [5, 5.41) is 16.5. The lowest BCUT2D eigenvalue weighted by atomic mass is 10.1. The van der Waals surface area contributed by atoms with E-state index in [9.17, 15) is 14.9 Å². The molecule has 0 bridgehead atoms. The number of hydrogen-bond donors (Lipinski definition) is 1. The molecule has 0 aliphatic rings. The first kappa shape index (κ1) is 19.5. The van der Waals surface area contributed by atoms with Gasteiger partial charge in [-0.15, -0.1) is 11.3 Å². The largest absolute Gasteiger partial charge is 0.349 e. The summed E-state index contributed by atoms with van der Waals surface area (Å²) in [7, 11) is 0. The summed E-state index contributed by atoms with van der Waals surface area (Å²) in [5.74, 6) is -0.325. The quantitative estimate of drug-likeness (QED) is 0.457. The molecule has 0 fully saturated rings. The Labute approximate surface area is 166 Å². The molecule has 0 spiro atoms. The fourth-order valence-corrected chi connectivity index (χ4v) is 3.69. The van der Waals surface area contributed by atoms with E-state index in [1.807, 2.05) is 23.6 Å². The van der Waals surface area contributed by atoms with E-state index in [1.165, 1.54) is 24.3 Å². The van der Waals surface area contributed by atoms with Gasteiger partial charge in [-0.1, -0.05) is 12.1 Å². The molecule has 0 saturated carbocycles. The summed E-state index contributed by atoms with van der Waals surface area (Å²) in [6, 6.07) is 13.0. The number of nitro groups is 1. The predicted molar refractivity (Wildman–Crippen MR) is 112 cm³/mol. The van der Waals surface area contributed by atoms with Crippen molar-refractivity contribution in [2.45, 2.75) is 13.8 Å². The van der Waals surface area contributed by atoms with Gasteiger partial charge in [0.25, 0.3) is 11.6 Å². The van der Waals surface area contributed by atoms with Crippen LogP contribution < -0.4 is 10.2 Å². The zero-order valence-electron chi connectivity index (χ0n) is 15.6. The van der Waals surface area contributed by atoms with Crippen molar-refractivity contribution in [2.75, 3.05) is 23.3 Å². The van der Waals surface area contributed by atoms with E-state index in [0.29, 0.717) is 11.3 Å². The molecule has 3 aromatic rings. The average molecular weight is 396 g/mol. The molecule has 0 aliphatic heterocycles. The number of nitrogens with one attached hydrogen (secondary N) is 1. The molecule has 1 amide bonds. The van der Waals surface area contributed by atoms with Gasteiger partial charge < -0.3 is 10.2 Å². The molecule has 8 heteroatoms. The Bertz CT molecular complexity index is 981. The summed E-state index contributed by atoms with van der Waals surface area (Å²) < 4.78 is 0. The molecule has 1 aromatic heterocycles. The van der Waals surface area contributed by atoms with Crippen LogP contribution in [0.4, 0.5) is 16.5 Å². The highest BCUT2D eigenvalue weighted by atomic mass is 32.1. The first-order chi connectivity index (χ1) is 13.5. The molecule has 0 saturated heterocycles. The number of nitrogens with zero attached hydrogens (tertiary/aromatic N) is 3. The molecule has 144 valence electrons. The van der Waals surface area contributed by atoms with Gasteiger partial charge in [-0.3, -0.25) is 14.9 Å². The Kier molecular flexibility index (Phi) is 6.00. The summed E-state index contributed by atoms with van der Waals surface area (Å²) >= 11 is 1.59. The van der Waals surface area contributed by atoms with Crippen LogP contribution in [0, 0.1) is 10.1 Å². The van der Waals surface area contributed by atoms with Crippen LogP contribution in [0.15, 0.2) is 53.9 Å². The number of anilines is 2. The van der Waals surface area contributed by atoms with Gasteiger partial charge in [0.05, 0.1) is 10.6 Å². The molecule has 3 rings (SSSR count). The minimum atomic E-state index is -0.495. The van der Waals surface area contributed by atoms with Crippen LogP contribution in [-0.2, 0) is 0 Å². The van der Waals surface area contributed by atoms with Crippen molar-refractivity contribution >= 4 is 33.8 Å². The van der Waals surface area contributed by atoms with Crippen molar-refractivity contribution in [3.63, 3.8) is 0 Å². The number of non-ortho nitro benzene ring substituents is 1. The number of rotatable bonds is 7. The van der Waals surface area contributed by atoms with Crippen molar-refractivity contribution in [3.05, 3.63) is 69.6 Å². The topological polar surface area (TPSA) is 88.4 Å². The van der Waals surface area contributed by atoms with Crippen LogP contribution in [-0.4, -0.2) is 28.9 Å². The monoisotopic (exact) mass is 396 g/mol. The van der Waals surface area contributed by atoms with Crippen molar-refractivity contribution in [3.8, 4) is 11.3 Å². The Morgan fingerprint density at radius 1 is 1.18 bits per heavy atom. The number of carbonyl (C=O) groups is 1. The van der Waals surface area contributed by atoms with E-state index in [2.05, 4.69) is 24.1 Å². The van der Waals surface area contributed by atoms with Gasteiger partial charge >= 0.3 is 0 Å². The molecule has 0 unspecified atom stereocenters. The second-order valence-electron chi connectivity index (χ2n) is 6.03. The van der Waals surface area contributed by atoms with Gasteiger partial charge in [0.1, 0.15) is 0 Å². The van der Waals surface area contributed by atoms with Gasteiger partial charge in [0.15, 0.2) is 5.13 Å². The number of benzene rings is 2. The maximum atomic E-state index is 12.4. The second kappa shape index (κ2) is 8.62. The normalized spacial score (nSPS) is 10.5. The van der Waals surface area contributed by atoms with Crippen LogP contribution in [0.25, 0.3) is 11.3 Å². The lowest BCUT2D eigenvalue weighted by Gasteiger charge is -2.16. The van der Waals surface area contributed by atoms with E-state index in [4.69, 9.17) is 4.98 Å². The third-order valence-electron chi connectivity index (χ3n) is 4.28. The number of nitro benzene ring substituents is 1. The number of aromatic nitrogens is 1. The van der Waals surface area contributed by atoms with Crippen LogP contribution >= 0.6 is 11.3 Å². The van der Waals surface area contributed by atoms with E-state index in [0.717, 1.165) is 29.5 Å². The Morgan fingerprint density at radius 2 is 1.89 bits per heavy atom. The number of thiazole rings is 1. The highest BCUT2D eigenvalue weighted by molar-refractivity contribution is 7.14. The smallest absolute Gasteiger partial charge is 0.269 e. The van der Waals surface area contributed by atoms with Crippen LogP contribution in [0.2, 0.25) is 0 Å². The van der Waals surface area contributed by atoms with Gasteiger partial charge in [0.2, 0.25) is 0 Å². The van der Waals surface area contributed by atoms with E-state index in [-0.39, 0.29) is 11.6 Å². The highest BCUT2D eigenvalue weighted by Gasteiger charge is 2.12. The lowest BCUT2D eigenvalue weighted by Crippen LogP contribution is -2.21. The van der Waals surface area contributed by atoms with Crippen LogP contribution in [0.3, 0.4) is 0 Å². The summed E-state index contributed by atoms with van der Waals surface area (Å²) in [4.78, 5) is 29.5. The first-order valence-electron chi connectivity index (χ1n) is 8.88. The Balaban J connectivity index is 1.76. The molecule has 1 N–H and O–H groups in total. The zero-order chi connectivity index (χ0) is 20.1. The first-order valence-corrected chi connectivity index (χ1v) is 9.76. The molecular formula is C20H20N4O3S.